The summed E-state index contributed by atoms with van der Waals surface area (Å²) in [5.74, 6) is 0. The van der Waals surface area contributed by atoms with Gasteiger partial charge in [-0.15, -0.1) is 0 Å². The van der Waals surface area contributed by atoms with Crippen molar-refractivity contribution in [2.75, 3.05) is 0 Å². The normalized spacial score (nSPS) is 12.8. The van der Waals surface area contributed by atoms with E-state index in [-0.39, 0.29) is 59.7 Å². The van der Waals surface area contributed by atoms with E-state index < -0.39 is 51.7 Å². The SMILES string of the molecule is O=c1c2ccccc2c(=O)c2c1ccc1[nH]c3c(ccc4c(=O)c5c(S(=O)(=O)O)c(S(=O)(=O)O)ccc5c(=O)c43)[nH]c12. The van der Waals surface area contributed by atoms with Gasteiger partial charge >= 0.3 is 0 Å². The van der Waals surface area contributed by atoms with Crippen LogP contribution in [0.25, 0.3) is 65.2 Å². The van der Waals surface area contributed by atoms with Gasteiger partial charge in [-0.1, -0.05) is 24.3 Å². The quantitative estimate of drug-likeness (QED) is 0.129. The molecule has 42 heavy (non-hydrogen) atoms. The fourth-order valence-corrected chi connectivity index (χ4v) is 7.65. The number of aromatic nitrogens is 2. The van der Waals surface area contributed by atoms with Gasteiger partial charge in [0.05, 0.1) is 38.2 Å². The maximum Gasteiger partial charge on any atom is 0.296 e. The van der Waals surface area contributed by atoms with Crippen LogP contribution in [0.4, 0.5) is 0 Å². The largest absolute Gasteiger partial charge is 0.351 e. The third-order valence-corrected chi connectivity index (χ3v) is 9.38. The molecule has 0 saturated heterocycles. The molecular weight excluding hydrogens is 588 g/mol. The molecule has 14 heteroatoms. The summed E-state index contributed by atoms with van der Waals surface area (Å²) < 4.78 is 67.5. The van der Waals surface area contributed by atoms with Gasteiger partial charge in [-0.2, -0.15) is 16.8 Å². The highest BCUT2D eigenvalue weighted by Crippen LogP contribution is 2.30. The molecular formula is C28H14N2O10S2. The van der Waals surface area contributed by atoms with Gasteiger partial charge in [-0.3, -0.25) is 28.3 Å². The van der Waals surface area contributed by atoms with Crippen LogP contribution in [-0.2, 0) is 20.2 Å². The molecule has 7 rings (SSSR count). The zero-order valence-corrected chi connectivity index (χ0v) is 22.4. The second-order valence-corrected chi connectivity index (χ2v) is 12.4. The molecule has 0 aliphatic heterocycles. The Bertz CT molecular complexity index is 2880. The molecule has 0 aliphatic carbocycles. The Labute approximate surface area is 232 Å². The lowest BCUT2D eigenvalue weighted by Crippen LogP contribution is -2.19. The average Bonchev–Trinajstić information content (AvgIpc) is 2.95. The molecule has 4 N–H and O–H groups in total. The van der Waals surface area contributed by atoms with Crippen molar-refractivity contribution < 1.29 is 25.9 Å². The Morgan fingerprint density at radius 1 is 0.476 bits per heavy atom. The highest BCUT2D eigenvalue weighted by atomic mass is 32.2. The Kier molecular flexibility index (Phi) is 5.10. The number of aromatic amines is 2. The lowest BCUT2D eigenvalue weighted by atomic mass is 9.99. The second kappa shape index (κ2) is 8.27. The van der Waals surface area contributed by atoms with Gasteiger partial charge in [0.1, 0.15) is 9.79 Å². The fourth-order valence-electron chi connectivity index (χ4n) is 5.66. The van der Waals surface area contributed by atoms with Gasteiger partial charge in [0.15, 0.2) is 21.7 Å². The molecule has 0 radical (unpaired) electrons. The monoisotopic (exact) mass is 602 g/mol. The first kappa shape index (κ1) is 25.9. The zero-order chi connectivity index (χ0) is 29.9. The van der Waals surface area contributed by atoms with Crippen molar-refractivity contribution in [1.29, 1.82) is 0 Å². The van der Waals surface area contributed by atoms with E-state index in [1.807, 2.05) is 0 Å². The van der Waals surface area contributed by atoms with Crippen molar-refractivity contribution >= 4 is 85.4 Å². The average molecular weight is 603 g/mol. The molecule has 7 aromatic rings. The minimum absolute atomic E-state index is 0.103. The summed E-state index contributed by atoms with van der Waals surface area (Å²) in [5, 5.41) is -1.09. The van der Waals surface area contributed by atoms with Crippen LogP contribution < -0.4 is 21.7 Å². The summed E-state index contributed by atoms with van der Waals surface area (Å²) in [5.41, 5.74) is -1.75. The van der Waals surface area contributed by atoms with Crippen LogP contribution in [0, 0.1) is 0 Å². The zero-order valence-electron chi connectivity index (χ0n) is 20.8. The van der Waals surface area contributed by atoms with Gasteiger partial charge in [0.2, 0.25) is 0 Å². The molecule has 0 aliphatic rings. The minimum atomic E-state index is -5.41. The van der Waals surface area contributed by atoms with E-state index in [2.05, 4.69) is 9.97 Å². The molecule has 6 aromatic carbocycles. The van der Waals surface area contributed by atoms with Crippen LogP contribution in [0.5, 0.6) is 0 Å². The second-order valence-electron chi connectivity index (χ2n) is 9.70. The van der Waals surface area contributed by atoms with Gasteiger partial charge < -0.3 is 9.97 Å². The van der Waals surface area contributed by atoms with Crippen molar-refractivity contribution in [2.24, 2.45) is 0 Å². The van der Waals surface area contributed by atoms with Crippen molar-refractivity contribution in [3.8, 4) is 0 Å². The van der Waals surface area contributed by atoms with Crippen LogP contribution in [0.1, 0.15) is 0 Å². The van der Waals surface area contributed by atoms with E-state index in [1.165, 1.54) is 24.3 Å². The third-order valence-electron chi connectivity index (χ3n) is 7.42. The number of fused-ring (bicyclic) bond motifs is 8. The fraction of sp³-hybridized carbons (Fsp3) is 0. The van der Waals surface area contributed by atoms with E-state index in [9.17, 15) is 45.1 Å². The smallest absolute Gasteiger partial charge is 0.296 e. The van der Waals surface area contributed by atoms with E-state index in [0.29, 0.717) is 11.6 Å². The topological polar surface area (TPSA) is 209 Å². The Hall–Kier alpha value is -5.02. The lowest BCUT2D eigenvalue weighted by molar-refractivity contribution is 0.467. The predicted molar refractivity (Wildman–Crippen MR) is 156 cm³/mol. The number of nitrogens with one attached hydrogen (secondary N) is 2. The van der Waals surface area contributed by atoms with E-state index in [4.69, 9.17) is 0 Å². The van der Waals surface area contributed by atoms with Crippen molar-refractivity contribution in [2.45, 2.75) is 9.79 Å². The van der Waals surface area contributed by atoms with Crippen LogP contribution in [0.15, 0.2) is 89.6 Å². The first-order valence-electron chi connectivity index (χ1n) is 12.1. The maximum atomic E-state index is 13.7. The number of benzene rings is 6. The Balaban J connectivity index is 1.68. The standard InChI is InChI=1S/C28H14N2O10S2/c31-24-11-3-1-2-4-12(11)25(32)19-13(24)5-8-16-22(19)29-17-9-6-14-20(23(17)30-16)26(33)15-7-10-18(41(35,36)37)28(42(38,39)40)21(15)27(14)34/h1-10,29-30H,(H,35,36,37)(H,38,39,40). The minimum Gasteiger partial charge on any atom is -0.351 e. The molecule has 1 aromatic heterocycles. The van der Waals surface area contributed by atoms with Gasteiger partial charge in [0, 0.05) is 26.9 Å². The summed E-state index contributed by atoms with van der Waals surface area (Å²) in [7, 11) is -10.6. The molecule has 0 bridgehead atoms. The van der Waals surface area contributed by atoms with Gasteiger partial charge in [-0.05, 0) is 36.4 Å². The third kappa shape index (κ3) is 3.40. The highest BCUT2D eigenvalue weighted by Gasteiger charge is 2.30. The lowest BCUT2D eigenvalue weighted by Gasteiger charge is -2.12. The first-order valence-corrected chi connectivity index (χ1v) is 14.9. The van der Waals surface area contributed by atoms with Crippen molar-refractivity contribution in [3.63, 3.8) is 0 Å². The highest BCUT2D eigenvalue weighted by molar-refractivity contribution is 7.89. The Morgan fingerprint density at radius 3 is 1.43 bits per heavy atom. The van der Waals surface area contributed by atoms with Crippen LogP contribution in [0.3, 0.4) is 0 Å². The molecule has 0 saturated carbocycles. The van der Waals surface area contributed by atoms with E-state index >= 15 is 0 Å². The number of hydrogen-bond donors (Lipinski definition) is 4. The van der Waals surface area contributed by atoms with Gasteiger partial charge in [-0.25, -0.2) is 0 Å². The molecule has 0 amide bonds. The molecule has 12 nitrogen and oxygen atoms in total. The molecule has 1 heterocycles. The molecule has 208 valence electrons. The summed E-state index contributed by atoms with van der Waals surface area (Å²) in [6.45, 7) is 0. The van der Waals surface area contributed by atoms with Crippen molar-refractivity contribution in [1.82, 2.24) is 9.97 Å². The van der Waals surface area contributed by atoms with Crippen LogP contribution in [-0.4, -0.2) is 35.9 Å². The molecule has 0 unspecified atom stereocenters. The van der Waals surface area contributed by atoms with Gasteiger partial charge in [0.25, 0.3) is 20.2 Å². The molecule has 0 atom stereocenters. The number of H-pyrrole nitrogens is 2. The van der Waals surface area contributed by atoms with Crippen LogP contribution in [0.2, 0.25) is 0 Å². The summed E-state index contributed by atoms with van der Waals surface area (Å²) >= 11 is 0. The summed E-state index contributed by atoms with van der Waals surface area (Å²) in [6, 6.07) is 13.5. The van der Waals surface area contributed by atoms with Crippen LogP contribution >= 0.6 is 0 Å². The first-order chi connectivity index (χ1) is 19.8. The molecule has 0 spiro atoms. The summed E-state index contributed by atoms with van der Waals surface area (Å²) in [6.07, 6.45) is 0. The predicted octanol–water partition coefficient (Wildman–Crippen LogP) is 2.63. The summed E-state index contributed by atoms with van der Waals surface area (Å²) in [4.78, 5) is 57.4. The van der Waals surface area contributed by atoms with Crippen molar-refractivity contribution in [3.05, 3.63) is 102 Å². The van der Waals surface area contributed by atoms with E-state index in [0.717, 1.165) is 6.07 Å². The Morgan fingerprint density at radius 2 is 0.905 bits per heavy atom. The molecule has 0 fully saturated rings. The van der Waals surface area contributed by atoms with E-state index in [1.54, 1.807) is 24.3 Å². The number of hydrogen-bond acceptors (Lipinski definition) is 8. The number of rotatable bonds is 2. The maximum absolute atomic E-state index is 13.7.